The second-order valence-corrected chi connectivity index (χ2v) is 5.39. The zero-order chi connectivity index (χ0) is 15.0. The smallest absolute Gasteiger partial charge is 0.269 e. The van der Waals surface area contributed by atoms with E-state index in [0.29, 0.717) is 0 Å². The second-order valence-electron chi connectivity index (χ2n) is 5.39. The largest absolute Gasteiger partial charge is 0.304 e. The number of nitro benzene ring substituents is 1. The molecule has 1 aliphatic heterocycles. The molecule has 0 bridgehead atoms. The van der Waals surface area contributed by atoms with E-state index in [0.717, 1.165) is 18.2 Å². The van der Waals surface area contributed by atoms with Crippen molar-refractivity contribution in [3.8, 4) is 0 Å². The van der Waals surface area contributed by atoms with Crippen LogP contribution in [0.25, 0.3) is 0 Å². The van der Waals surface area contributed by atoms with Crippen molar-refractivity contribution < 1.29 is 18.1 Å². The van der Waals surface area contributed by atoms with Gasteiger partial charge in [0.25, 0.3) is 5.69 Å². The molecule has 110 valence electrons. The predicted octanol–water partition coefficient (Wildman–Crippen LogP) is 3.01. The molecule has 1 N–H and O–H groups in total. The standard InChI is InChI=1S/C13H15F3N2O2/c1-12(4-5-13(16,7-14)8-17-12)10-6-9(18(19)20)2-3-11(10)15/h2-3,6,17H,4-5,7-8H2,1H3/t12-,13+/m0/s1. The third kappa shape index (κ3) is 2.63. The van der Waals surface area contributed by atoms with Gasteiger partial charge in [0.1, 0.15) is 12.5 Å². The number of nitrogens with one attached hydrogen (secondary N) is 1. The number of nitro groups is 1. The summed E-state index contributed by atoms with van der Waals surface area (Å²) in [5.41, 5.74) is -3.02. The summed E-state index contributed by atoms with van der Waals surface area (Å²) in [6, 6.07) is 3.24. The first-order chi connectivity index (χ1) is 9.30. The Morgan fingerprint density at radius 1 is 1.45 bits per heavy atom. The van der Waals surface area contributed by atoms with Gasteiger partial charge in [0.15, 0.2) is 5.67 Å². The Morgan fingerprint density at radius 3 is 2.65 bits per heavy atom. The predicted molar refractivity (Wildman–Crippen MR) is 67.5 cm³/mol. The molecule has 1 aromatic rings. The van der Waals surface area contributed by atoms with Crippen molar-refractivity contribution in [3.63, 3.8) is 0 Å². The molecule has 2 atom stereocenters. The quantitative estimate of drug-likeness (QED) is 0.687. The SMILES string of the molecule is C[C@@]1(c2cc([N+](=O)[O-])ccc2F)CC[C@@](F)(CF)CN1. The summed E-state index contributed by atoms with van der Waals surface area (Å²) in [4.78, 5) is 10.1. The van der Waals surface area contributed by atoms with E-state index in [2.05, 4.69) is 5.32 Å². The summed E-state index contributed by atoms with van der Waals surface area (Å²) in [6.07, 6.45) is 0.0979. The lowest BCUT2D eigenvalue weighted by atomic mass is 9.79. The van der Waals surface area contributed by atoms with Crippen LogP contribution in [0.1, 0.15) is 25.3 Å². The van der Waals surface area contributed by atoms with E-state index in [9.17, 15) is 23.3 Å². The molecule has 20 heavy (non-hydrogen) atoms. The molecule has 1 fully saturated rings. The number of rotatable bonds is 3. The molecule has 0 radical (unpaired) electrons. The van der Waals surface area contributed by atoms with Crippen molar-refractivity contribution in [3.05, 3.63) is 39.7 Å². The number of benzene rings is 1. The topological polar surface area (TPSA) is 55.2 Å². The zero-order valence-electron chi connectivity index (χ0n) is 11.0. The molecule has 0 aromatic heterocycles. The van der Waals surface area contributed by atoms with Gasteiger partial charge >= 0.3 is 0 Å². The van der Waals surface area contributed by atoms with E-state index in [1.807, 2.05) is 0 Å². The van der Waals surface area contributed by atoms with Crippen LogP contribution in [0.5, 0.6) is 0 Å². The van der Waals surface area contributed by atoms with E-state index in [1.54, 1.807) is 6.92 Å². The van der Waals surface area contributed by atoms with Crippen molar-refractivity contribution in [1.29, 1.82) is 0 Å². The Kier molecular flexibility index (Phi) is 3.73. The van der Waals surface area contributed by atoms with Gasteiger partial charge in [-0.2, -0.15) is 0 Å². The maximum atomic E-state index is 13.9. The first kappa shape index (κ1) is 14.8. The van der Waals surface area contributed by atoms with Gasteiger partial charge in [-0.05, 0) is 25.8 Å². The molecule has 1 saturated heterocycles. The lowest BCUT2D eigenvalue weighted by Crippen LogP contribution is -2.54. The highest BCUT2D eigenvalue weighted by Crippen LogP contribution is 2.37. The highest BCUT2D eigenvalue weighted by Gasteiger charge is 2.42. The number of hydrogen-bond acceptors (Lipinski definition) is 3. The van der Waals surface area contributed by atoms with Gasteiger partial charge in [0.2, 0.25) is 0 Å². The Labute approximate surface area is 114 Å². The van der Waals surface area contributed by atoms with Crippen molar-refractivity contribution in [2.75, 3.05) is 13.2 Å². The van der Waals surface area contributed by atoms with Gasteiger partial charge in [0.05, 0.1) is 4.92 Å². The Bertz CT molecular complexity index is 528. The van der Waals surface area contributed by atoms with Gasteiger partial charge in [-0.3, -0.25) is 10.1 Å². The van der Waals surface area contributed by atoms with Gasteiger partial charge in [-0.15, -0.1) is 0 Å². The fourth-order valence-electron chi connectivity index (χ4n) is 2.40. The summed E-state index contributed by atoms with van der Waals surface area (Å²) in [6.45, 7) is 0.280. The van der Waals surface area contributed by atoms with Crippen LogP contribution in [-0.4, -0.2) is 23.8 Å². The molecule has 4 nitrogen and oxygen atoms in total. The molecule has 1 aliphatic rings. The summed E-state index contributed by atoms with van der Waals surface area (Å²) in [5.74, 6) is -0.600. The van der Waals surface area contributed by atoms with E-state index >= 15 is 0 Å². The lowest BCUT2D eigenvalue weighted by Gasteiger charge is -2.41. The van der Waals surface area contributed by atoms with Gasteiger partial charge in [-0.1, -0.05) is 0 Å². The third-order valence-corrected chi connectivity index (χ3v) is 3.86. The van der Waals surface area contributed by atoms with Gasteiger partial charge in [0, 0.05) is 29.8 Å². The normalized spacial score (nSPS) is 30.2. The fourth-order valence-corrected chi connectivity index (χ4v) is 2.40. The number of piperidine rings is 1. The van der Waals surface area contributed by atoms with Crippen LogP contribution in [0.15, 0.2) is 18.2 Å². The van der Waals surface area contributed by atoms with E-state index in [1.165, 1.54) is 0 Å². The summed E-state index contributed by atoms with van der Waals surface area (Å²) in [7, 11) is 0. The maximum absolute atomic E-state index is 13.9. The highest BCUT2D eigenvalue weighted by atomic mass is 19.2. The molecule has 1 aromatic carbocycles. The average Bonchev–Trinajstić information content (AvgIpc) is 2.43. The lowest BCUT2D eigenvalue weighted by molar-refractivity contribution is -0.385. The minimum absolute atomic E-state index is 0.0604. The first-order valence-corrected chi connectivity index (χ1v) is 6.24. The number of alkyl halides is 2. The third-order valence-electron chi connectivity index (χ3n) is 3.86. The summed E-state index contributed by atoms with van der Waals surface area (Å²) >= 11 is 0. The molecule has 7 heteroatoms. The average molecular weight is 288 g/mol. The molecule has 0 amide bonds. The van der Waals surface area contributed by atoms with Crippen LogP contribution in [0.3, 0.4) is 0 Å². The van der Waals surface area contributed by atoms with Crippen LogP contribution < -0.4 is 5.32 Å². The Morgan fingerprint density at radius 2 is 2.15 bits per heavy atom. The number of hydrogen-bond donors (Lipinski definition) is 1. The van der Waals surface area contributed by atoms with Crippen molar-refractivity contribution >= 4 is 5.69 Å². The molecule has 1 heterocycles. The van der Waals surface area contributed by atoms with E-state index < -0.39 is 28.6 Å². The molecule has 0 unspecified atom stereocenters. The van der Waals surface area contributed by atoms with E-state index in [4.69, 9.17) is 0 Å². The monoisotopic (exact) mass is 288 g/mol. The fraction of sp³-hybridized carbons (Fsp3) is 0.538. The zero-order valence-corrected chi connectivity index (χ0v) is 11.0. The summed E-state index contributed by atoms with van der Waals surface area (Å²) < 4.78 is 40.3. The molecular weight excluding hydrogens is 273 g/mol. The Hall–Kier alpha value is -1.63. The van der Waals surface area contributed by atoms with Crippen LogP contribution >= 0.6 is 0 Å². The number of non-ortho nitro benzene ring substituents is 1. The van der Waals surface area contributed by atoms with Crippen molar-refractivity contribution in [2.45, 2.75) is 31.0 Å². The van der Waals surface area contributed by atoms with Crippen LogP contribution in [0.4, 0.5) is 18.9 Å². The minimum Gasteiger partial charge on any atom is -0.304 e. The van der Waals surface area contributed by atoms with Crippen LogP contribution in [0, 0.1) is 15.9 Å². The molecule has 2 rings (SSSR count). The highest BCUT2D eigenvalue weighted by molar-refractivity contribution is 5.39. The number of nitrogens with zero attached hydrogens (tertiary/aromatic N) is 1. The van der Waals surface area contributed by atoms with Crippen LogP contribution in [0.2, 0.25) is 0 Å². The first-order valence-electron chi connectivity index (χ1n) is 6.24. The van der Waals surface area contributed by atoms with Crippen molar-refractivity contribution in [1.82, 2.24) is 5.32 Å². The molecule has 0 saturated carbocycles. The van der Waals surface area contributed by atoms with Gasteiger partial charge in [-0.25, -0.2) is 13.2 Å². The molecular formula is C13H15F3N2O2. The second kappa shape index (κ2) is 5.05. The van der Waals surface area contributed by atoms with Crippen molar-refractivity contribution in [2.24, 2.45) is 0 Å². The van der Waals surface area contributed by atoms with Crippen LogP contribution in [-0.2, 0) is 5.54 Å². The summed E-state index contributed by atoms with van der Waals surface area (Å²) in [5, 5.41) is 13.5. The van der Waals surface area contributed by atoms with Gasteiger partial charge < -0.3 is 5.32 Å². The number of halogens is 3. The van der Waals surface area contributed by atoms with E-state index in [-0.39, 0.29) is 30.6 Å². The molecule has 0 spiro atoms. The minimum atomic E-state index is -1.95. The molecule has 0 aliphatic carbocycles. The Balaban J connectivity index is 2.32. The maximum Gasteiger partial charge on any atom is 0.269 e.